The number of carbonyl (C=O) groups is 1. The first-order chi connectivity index (χ1) is 7.29. The van der Waals surface area contributed by atoms with E-state index in [1.54, 1.807) is 0 Å². The van der Waals surface area contributed by atoms with Gasteiger partial charge in [-0.25, -0.2) is 4.79 Å². The van der Waals surface area contributed by atoms with Crippen LogP contribution in [-0.2, 0) is 9.53 Å². The second-order valence-corrected chi connectivity index (χ2v) is 4.77. The molecule has 0 bridgehead atoms. The predicted molar refractivity (Wildman–Crippen MR) is 59.4 cm³/mol. The van der Waals surface area contributed by atoms with E-state index in [1.807, 2.05) is 0 Å². The first-order valence-corrected chi connectivity index (χ1v) is 6.19. The van der Waals surface area contributed by atoms with Crippen LogP contribution in [0.4, 0.5) is 0 Å². The molecular formula is C13H20O2. The molecule has 84 valence electrons. The minimum atomic E-state index is -0.149. The van der Waals surface area contributed by atoms with Gasteiger partial charge in [-0.05, 0) is 19.3 Å². The molecule has 1 aliphatic carbocycles. The van der Waals surface area contributed by atoms with Gasteiger partial charge in [0, 0.05) is 11.5 Å². The van der Waals surface area contributed by atoms with Crippen LogP contribution in [0.1, 0.15) is 51.4 Å². The van der Waals surface area contributed by atoms with Gasteiger partial charge in [-0.15, -0.1) is 0 Å². The van der Waals surface area contributed by atoms with Crippen molar-refractivity contribution in [3.63, 3.8) is 0 Å². The van der Waals surface area contributed by atoms with Gasteiger partial charge in [0.2, 0.25) is 0 Å². The van der Waals surface area contributed by atoms with Crippen molar-refractivity contribution < 1.29 is 9.53 Å². The molecule has 2 fully saturated rings. The lowest BCUT2D eigenvalue weighted by Gasteiger charge is -2.18. The maximum absolute atomic E-state index is 11.4. The van der Waals surface area contributed by atoms with E-state index in [2.05, 4.69) is 6.58 Å². The van der Waals surface area contributed by atoms with Crippen LogP contribution in [0.15, 0.2) is 12.2 Å². The van der Waals surface area contributed by atoms with E-state index < -0.39 is 0 Å². The number of carbonyl (C=O) groups excluding carboxylic acids is 1. The first kappa shape index (κ1) is 10.7. The van der Waals surface area contributed by atoms with Crippen molar-refractivity contribution in [2.75, 3.05) is 0 Å². The van der Waals surface area contributed by atoms with Crippen LogP contribution in [0.5, 0.6) is 0 Å². The van der Waals surface area contributed by atoms with Crippen LogP contribution < -0.4 is 0 Å². The highest BCUT2D eigenvalue weighted by Crippen LogP contribution is 2.34. The van der Waals surface area contributed by atoms with Crippen LogP contribution >= 0.6 is 0 Å². The molecule has 0 amide bonds. The zero-order valence-corrected chi connectivity index (χ0v) is 9.34. The topological polar surface area (TPSA) is 26.3 Å². The molecule has 2 atom stereocenters. The second-order valence-electron chi connectivity index (χ2n) is 4.77. The molecule has 0 N–H and O–H groups in total. The molecule has 0 spiro atoms. The van der Waals surface area contributed by atoms with E-state index in [9.17, 15) is 4.79 Å². The Balaban J connectivity index is 2.00. The normalized spacial score (nSPS) is 33.3. The summed E-state index contributed by atoms with van der Waals surface area (Å²) >= 11 is 0. The Morgan fingerprint density at radius 1 is 1.00 bits per heavy atom. The fourth-order valence-corrected chi connectivity index (χ4v) is 2.71. The second kappa shape index (κ2) is 4.82. The summed E-state index contributed by atoms with van der Waals surface area (Å²) in [6.07, 6.45) is 9.95. The number of hydrogen-bond acceptors (Lipinski definition) is 2. The highest BCUT2D eigenvalue weighted by atomic mass is 16.6. The standard InChI is InChI=1S/C13H20O2/c1-10-11-8-6-4-2-3-5-7-9-12(11)15-13(10)14/h11-12H,1-9H2/t11-,12-/m0/s1. The molecule has 1 saturated heterocycles. The SMILES string of the molecule is C=C1C(=O)O[C@H]2CCCCCCCC[C@@H]12. The van der Waals surface area contributed by atoms with Gasteiger partial charge in [-0.3, -0.25) is 0 Å². The average molecular weight is 208 g/mol. The van der Waals surface area contributed by atoms with Crippen molar-refractivity contribution in [1.82, 2.24) is 0 Å². The zero-order valence-electron chi connectivity index (χ0n) is 9.34. The molecule has 0 aromatic heterocycles. The minimum absolute atomic E-state index is 0.142. The van der Waals surface area contributed by atoms with Crippen molar-refractivity contribution >= 4 is 5.97 Å². The van der Waals surface area contributed by atoms with Gasteiger partial charge < -0.3 is 4.74 Å². The third kappa shape index (κ3) is 2.42. The Labute approximate surface area is 91.7 Å². The third-order valence-electron chi connectivity index (χ3n) is 3.67. The Hall–Kier alpha value is -0.790. The molecule has 1 aliphatic heterocycles. The van der Waals surface area contributed by atoms with Crippen LogP contribution in [-0.4, -0.2) is 12.1 Å². The maximum atomic E-state index is 11.4. The van der Waals surface area contributed by atoms with Crippen molar-refractivity contribution in [2.45, 2.75) is 57.5 Å². The molecular weight excluding hydrogens is 188 g/mol. The first-order valence-electron chi connectivity index (χ1n) is 6.19. The largest absolute Gasteiger partial charge is 0.458 e. The van der Waals surface area contributed by atoms with Gasteiger partial charge in [0.05, 0.1) is 0 Å². The van der Waals surface area contributed by atoms with E-state index in [1.165, 1.54) is 38.5 Å². The van der Waals surface area contributed by atoms with Gasteiger partial charge in [-0.1, -0.05) is 38.7 Å². The smallest absolute Gasteiger partial charge is 0.334 e. The van der Waals surface area contributed by atoms with Crippen molar-refractivity contribution in [2.24, 2.45) is 5.92 Å². The summed E-state index contributed by atoms with van der Waals surface area (Å²) < 4.78 is 5.37. The lowest BCUT2D eigenvalue weighted by Crippen LogP contribution is -2.17. The van der Waals surface area contributed by atoms with Gasteiger partial charge in [-0.2, -0.15) is 0 Å². The Kier molecular flexibility index (Phi) is 3.45. The summed E-state index contributed by atoms with van der Waals surface area (Å²) in [5.41, 5.74) is 0.723. The summed E-state index contributed by atoms with van der Waals surface area (Å²) in [7, 11) is 0. The summed E-state index contributed by atoms with van der Waals surface area (Å²) in [6, 6.07) is 0. The maximum Gasteiger partial charge on any atom is 0.334 e. The van der Waals surface area contributed by atoms with Gasteiger partial charge >= 0.3 is 5.97 Å². The molecule has 15 heavy (non-hydrogen) atoms. The Bertz CT molecular complexity index is 257. The summed E-state index contributed by atoms with van der Waals surface area (Å²) in [5, 5.41) is 0. The van der Waals surface area contributed by atoms with Crippen LogP contribution in [0, 0.1) is 5.92 Å². The lowest BCUT2D eigenvalue weighted by molar-refractivity contribution is -0.139. The monoisotopic (exact) mass is 208 g/mol. The molecule has 0 unspecified atom stereocenters. The highest BCUT2D eigenvalue weighted by molar-refractivity contribution is 5.90. The molecule has 0 radical (unpaired) electrons. The van der Waals surface area contributed by atoms with E-state index >= 15 is 0 Å². The van der Waals surface area contributed by atoms with E-state index in [4.69, 9.17) is 4.74 Å². The summed E-state index contributed by atoms with van der Waals surface area (Å²) in [4.78, 5) is 11.4. The van der Waals surface area contributed by atoms with E-state index in [0.29, 0.717) is 5.92 Å². The molecule has 1 saturated carbocycles. The molecule has 2 heteroatoms. The van der Waals surface area contributed by atoms with Crippen LogP contribution in [0.2, 0.25) is 0 Å². The van der Waals surface area contributed by atoms with Crippen molar-refractivity contribution in [1.29, 1.82) is 0 Å². The number of fused-ring (bicyclic) bond motifs is 1. The molecule has 1 heterocycles. The van der Waals surface area contributed by atoms with Crippen molar-refractivity contribution in [3.05, 3.63) is 12.2 Å². The van der Waals surface area contributed by atoms with Crippen LogP contribution in [0.25, 0.3) is 0 Å². The van der Waals surface area contributed by atoms with Crippen molar-refractivity contribution in [3.8, 4) is 0 Å². The number of esters is 1. The lowest BCUT2D eigenvalue weighted by atomic mass is 9.87. The van der Waals surface area contributed by atoms with Gasteiger partial charge in [0.25, 0.3) is 0 Å². The van der Waals surface area contributed by atoms with E-state index in [0.717, 1.165) is 18.4 Å². The third-order valence-corrected chi connectivity index (χ3v) is 3.67. The summed E-state index contributed by atoms with van der Waals surface area (Å²) in [6.45, 7) is 3.87. The molecule has 2 aliphatic rings. The fraction of sp³-hybridized carbons (Fsp3) is 0.769. The molecule has 0 aromatic rings. The fourth-order valence-electron chi connectivity index (χ4n) is 2.71. The molecule has 2 nitrogen and oxygen atoms in total. The highest BCUT2D eigenvalue weighted by Gasteiger charge is 2.37. The minimum Gasteiger partial charge on any atom is -0.458 e. The quantitative estimate of drug-likeness (QED) is 0.451. The Morgan fingerprint density at radius 2 is 1.60 bits per heavy atom. The number of hydrogen-bond donors (Lipinski definition) is 0. The van der Waals surface area contributed by atoms with Crippen LogP contribution in [0.3, 0.4) is 0 Å². The predicted octanol–water partition coefficient (Wildman–Crippen LogP) is 3.22. The molecule has 0 aromatic carbocycles. The van der Waals surface area contributed by atoms with E-state index in [-0.39, 0.29) is 12.1 Å². The van der Waals surface area contributed by atoms with Gasteiger partial charge in [0.15, 0.2) is 0 Å². The summed E-state index contributed by atoms with van der Waals surface area (Å²) in [5.74, 6) is 0.167. The molecule has 2 rings (SSSR count). The average Bonchev–Trinajstić information content (AvgIpc) is 2.51. The zero-order chi connectivity index (χ0) is 10.7. The number of rotatable bonds is 0. The number of ether oxygens (including phenoxy) is 1. The Morgan fingerprint density at radius 3 is 2.33 bits per heavy atom. The van der Waals surface area contributed by atoms with Gasteiger partial charge in [0.1, 0.15) is 6.10 Å².